The Morgan fingerprint density at radius 3 is 0.833 bits per heavy atom. The van der Waals surface area contributed by atoms with Gasteiger partial charge in [-0.2, -0.15) is 0 Å². The van der Waals surface area contributed by atoms with E-state index in [1.165, 1.54) is 135 Å². The van der Waals surface area contributed by atoms with Gasteiger partial charge in [-0.05, 0) is 19.3 Å². The quantitative estimate of drug-likeness (QED) is 0.0367. The van der Waals surface area contributed by atoms with Gasteiger partial charge in [-0.3, -0.25) is 14.4 Å². The van der Waals surface area contributed by atoms with Crippen LogP contribution in [0.25, 0.3) is 0 Å². The fourth-order valence-corrected chi connectivity index (χ4v) is 6.15. The summed E-state index contributed by atoms with van der Waals surface area (Å²) in [5.41, 5.74) is 0. The van der Waals surface area contributed by atoms with Crippen LogP contribution in [-0.4, -0.2) is 37.2 Å². The predicted octanol–water partition coefficient (Wildman–Crippen LogP) is 12.9. The van der Waals surface area contributed by atoms with Crippen LogP contribution in [0.3, 0.4) is 0 Å². The molecule has 0 aromatic rings. The van der Waals surface area contributed by atoms with Gasteiger partial charge in [0.2, 0.25) is 0 Å². The smallest absolute Gasteiger partial charge is 0.306 e. The molecule has 0 saturated heterocycles. The zero-order chi connectivity index (χ0) is 35.2. The van der Waals surface area contributed by atoms with E-state index in [9.17, 15) is 14.4 Å². The third kappa shape index (κ3) is 35.7. The van der Waals surface area contributed by atoms with Gasteiger partial charge in [-0.15, -0.1) is 0 Å². The summed E-state index contributed by atoms with van der Waals surface area (Å²) >= 11 is 0. The number of unbranched alkanes of at least 4 members (excludes halogenated alkanes) is 27. The van der Waals surface area contributed by atoms with Crippen LogP contribution >= 0.6 is 0 Å². The number of ether oxygens (including phenoxy) is 3. The maximum atomic E-state index is 12.6. The summed E-state index contributed by atoms with van der Waals surface area (Å²) in [5.74, 6) is -0.866. The van der Waals surface area contributed by atoms with Crippen molar-refractivity contribution < 1.29 is 28.6 Å². The molecule has 0 aliphatic carbocycles. The molecular weight excluding hydrogens is 600 g/mol. The van der Waals surface area contributed by atoms with Gasteiger partial charge in [-0.25, -0.2) is 0 Å². The molecule has 0 aliphatic heterocycles. The predicted molar refractivity (Wildman–Crippen MR) is 201 cm³/mol. The Morgan fingerprint density at radius 2 is 0.562 bits per heavy atom. The minimum absolute atomic E-state index is 0.0640. The summed E-state index contributed by atoms with van der Waals surface area (Å²) in [6.07, 6.45) is 36.6. The van der Waals surface area contributed by atoms with Gasteiger partial charge in [0, 0.05) is 19.3 Å². The van der Waals surface area contributed by atoms with Crippen LogP contribution in [0.15, 0.2) is 0 Å². The highest BCUT2D eigenvalue weighted by Crippen LogP contribution is 2.15. The van der Waals surface area contributed by atoms with Crippen molar-refractivity contribution in [3.8, 4) is 0 Å². The summed E-state index contributed by atoms with van der Waals surface area (Å²) < 4.78 is 16.6. The van der Waals surface area contributed by atoms with Crippen LogP contribution in [0.5, 0.6) is 0 Å². The second-order valence-electron chi connectivity index (χ2n) is 14.3. The lowest BCUT2D eigenvalue weighted by Crippen LogP contribution is -2.30. The van der Waals surface area contributed by atoms with Crippen LogP contribution in [0, 0.1) is 0 Å². The van der Waals surface area contributed by atoms with Gasteiger partial charge in [0.15, 0.2) is 6.10 Å². The Labute approximate surface area is 298 Å². The van der Waals surface area contributed by atoms with E-state index in [1.54, 1.807) is 0 Å². The standard InChI is InChI=1S/C42H80O6/c1-4-7-10-13-16-18-19-20-21-22-24-27-30-33-36-42(45)48-39(37-46-40(43)34-31-28-25-15-12-9-6-3)38-47-41(44)35-32-29-26-23-17-14-11-8-5-2/h39H,4-38H2,1-3H3/t39-/m1/s1. The van der Waals surface area contributed by atoms with E-state index >= 15 is 0 Å². The molecule has 0 spiro atoms. The van der Waals surface area contributed by atoms with E-state index in [2.05, 4.69) is 20.8 Å². The Bertz CT molecular complexity index is 708. The largest absolute Gasteiger partial charge is 0.462 e. The minimum atomic E-state index is -0.755. The lowest BCUT2D eigenvalue weighted by atomic mass is 10.0. The molecule has 0 N–H and O–H groups in total. The monoisotopic (exact) mass is 681 g/mol. The molecule has 0 aliphatic rings. The van der Waals surface area contributed by atoms with E-state index in [1.807, 2.05) is 0 Å². The maximum absolute atomic E-state index is 12.6. The van der Waals surface area contributed by atoms with Gasteiger partial charge in [0.25, 0.3) is 0 Å². The van der Waals surface area contributed by atoms with Gasteiger partial charge < -0.3 is 14.2 Å². The van der Waals surface area contributed by atoms with Gasteiger partial charge in [0.1, 0.15) is 13.2 Å². The number of esters is 3. The Balaban J connectivity index is 4.27. The Hall–Kier alpha value is -1.59. The van der Waals surface area contributed by atoms with Crippen molar-refractivity contribution in [2.75, 3.05) is 13.2 Å². The molecule has 0 amide bonds. The first kappa shape index (κ1) is 46.4. The van der Waals surface area contributed by atoms with Gasteiger partial charge in [0.05, 0.1) is 0 Å². The van der Waals surface area contributed by atoms with E-state index in [-0.39, 0.29) is 31.1 Å². The summed E-state index contributed by atoms with van der Waals surface area (Å²) in [4.78, 5) is 37.4. The normalized spacial score (nSPS) is 11.8. The number of carbonyl (C=O) groups excluding carboxylic acids is 3. The molecule has 0 heterocycles. The number of carbonyl (C=O) groups is 3. The first-order chi connectivity index (χ1) is 23.5. The second kappa shape index (κ2) is 38.2. The van der Waals surface area contributed by atoms with Crippen LogP contribution in [0.2, 0.25) is 0 Å². The molecule has 0 rings (SSSR count). The van der Waals surface area contributed by atoms with Crippen molar-refractivity contribution in [3.63, 3.8) is 0 Å². The molecule has 0 bridgehead atoms. The molecule has 0 fully saturated rings. The van der Waals surface area contributed by atoms with Crippen molar-refractivity contribution in [3.05, 3.63) is 0 Å². The van der Waals surface area contributed by atoms with Gasteiger partial charge in [-0.1, -0.05) is 194 Å². The lowest BCUT2D eigenvalue weighted by molar-refractivity contribution is -0.167. The molecule has 48 heavy (non-hydrogen) atoms. The first-order valence-corrected chi connectivity index (χ1v) is 21.0. The van der Waals surface area contributed by atoms with Crippen LogP contribution in [0.4, 0.5) is 0 Å². The molecule has 0 aromatic heterocycles. The zero-order valence-electron chi connectivity index (χ0n) is 32.3. The number of hydrogen-bond acceptors (Lipinski definition) is 6. The third-order valence-electron chi connectivity index (χ3n) is 9.36. The van der Waals surface area contributed by atoms with E-state index < -0.39 is 6.10 Å². The topological polar surface area (TPSA) is 78.9 Å². The maximum Gasteiger partial charge on any atom is 0.306 e. The highest BCUT2D eigenvalue weighted by atomic mass is 16.6. The average Bonchev–Trinajstić information content (AvgIpc) is 3.08. The summed E-state index contributed by atoms with van der Waals surface area (Å²) in [5, 5.41) is 0. The molecule has 6 heteroatoms. The fourth-order valence-electron chi connectivity index (χ4n) is 6.15. The Morgan fingerprint density at radius 1 is 0.333 bits per heavy atom. The van der Waals surface area contributed by atoms with E-state index in [0.29, 0.717) is 19.3 Å². The highest BCUT2D eigenvalue weighted by Gasteiger charge is 2.19. The van der Waals surface area contributed by atoms with Gasteiger partial charge >= 0.3 is 17.9 Å². The van der Waals surface area contributed by atoms with E-state index in [4.69, 9.17) is 14.2 Å². The van der Waals surface area contributed by atoms with Crippen molar-refractivity contribution in [2.24, 2.45) is 0 Å². The van der Waals surface area contributed by atoms with Crippen molar-refractivity contribution >= 4 is 17.9 Å². The van der Waals surface area contributed by atoms with E-state index in [0.717, 1.165) is 57.8 Å². The average molecular weight is 681 g/mol. The minimum Gasteiger partial charge on any atom is -0.462 e. The molecule has 1 atom stereocenters. The first-order valence-electron chi connectivity index (χ1n) is 21.0. The van der Waals surface area contributed by atoms with Crippen molar-refractivity contribution in [1.29, 1.82) is 0 Å². The number of rotatable bonds is 38. The molecule has 0 aromatic carbocycles. The van der Waals surface area contributed by atoms with Crippen LogP contribution in [-0.2, 0) is 28.6 Å². The Kier molecular flexibility index (Phi) is 36.9. The highest BCUT2D eigenvalue weighted by molar-refractivity contribution is 5.71. The number of hydrogen-bond donors (Lipinski definition) is 0. The summed E-state index contributed by atoms with van der Waals surface area (Å²) in [6, 6.07) is 0. The second-order valence-corrected chi connectivity index (χ2v) is 14.3. The van der Waals surface area contributed by atoms with Crippen LogP contribution in [0.1, 0.15) is 233 Å². The molecule has 0 radical (unpaired) electrons. The molecule has 0 unspecified atom stereocenters. The summed E-state index contributed by atoms with van der Waals surface area (Å²) in [6.45, 7) is 6.58. The zero-order valence-corrected chi connectivity index (χ0v) is 32.3. The lowest BCUT2D eigenvalue weighted by Gasteiger charge is -2.18. The molecule has 284 valence electrons. The van der Waals surface area contributed by atoms with Crippen LogP contribution < -0.4 is 0 Å². The molecule has 0 saturated carbocycles. The third-order valence-corrected chi connectivity index (χ3v) is 9.36. The fraction of sp³-hybridized carbons (Fsp3) is 0.929. The van der Waals surface area contributed by atoms with Crippen molar-refractivity contribution in [1.82, 2.24) is 0 Å². The molecular formula is C42H80O6. The molecule has 6 nitrogen and oxygen atoms in total. The summed E-state index contributed by atoms with van der Waals surface area (Å²) in [7, 11) is 0. The SMILES string of the molecule is CCCCCCCCCCCCCCCCC(=O)O[C@H](COC(=O)CCCCCCCCC)COC(=O)CCCCCCCCCCC. The van der Waals surface area contributed by atoms with Crippen molar-refractivity contribution in [2.45, 2.75) is 239 Å².